The van der Waals surface area contributed by atoms with E-state index in [2.05, 4.69) is 37.3 Å². The Kier molecular flexibility index (Phi) is 4.86. The molecule has 0 saturated carbocycles. The molecule has 1 aromatic heterocycles. The highest BCUT2D eigenvalue weighted by Gasteiger charge is 2.13. The highest BCUT2D eigenvalue weighted by molar-refractivity contribution is 5.90. The molecule has 106 valence electrons. The summed E-state index contributed by atoms with van der Waals surface area (Å²) in [5.74, 6) is 0.669. The van der Waals surface area contributed by atoms with Gasteiger partial charge in [-0.2, -0.15) is 0 Å². The molecule has 2 N–H and O–H groups in total. The smallest absolute Gasteiger partial charge is 0.290 e. The summed E-state index contributed by atoms with van der Waals surface area (Å²) < 4.78 is 0. The number of amides is 1. The summed E-state index contributed by atoms with van der Waals surface area (Å²) in [5, 5.41) is 9.33. The van der Waals surface area contributed by atoms with Crippen molar-refractivity contribution in [2.24, 2.45) is 0 Å². The van der Waals surface area contributed by atoms with Crippen LogP contribution in [-0.4, -0.2) is 77.2 Å². The molecule has 0 bridgehead atoms. The van der Waals surface area contributed by atoms with Gasteiger partial charge in [0.2, 0.25) is 5.82 Å². The standard InChI is InChI=1S/C12H22N6O/c1-10-14-11(16-15-10)12(19)13-4-3-5-18-8-6-17(2)7-9-18/h3-9H2,1-2H3,(H,13,19)(H,14,15,16). The molecule has 1 aliphatic heterocycles. The third kappa shape index (κ3) is 4.29. The number of hydrogen-bond donors (Lipinski definition) is 2. The fourth-order valence-electron chi connectivity index (χ4n) is 2.10. The molecule has 2 rings (SSSR count). The van der Waals surface area contributed by atoms with Crippen LogP contribution in [0.4, 0.5) is 0 Å². The number of hydrogen-bond acceptors (Lipinski definition) is 5. The van der Waals surface area contributed by atoms with Gasteiger partial charge in [0.05, 0.1) is 0 Å². The SMILES string of the molecule is Cc1nc(C(=O)NCCCN2CCN(C)CC2)n[nH]1. The number of H-pyrrole nitrogens is 1. The highest BCUT2D eigenvalue weighted by Crippen LogP contribution is 1.99. The molecule has 1 saturated heterocycles. The van der Waals surface area contributed by atoms with Gasteiger partial charge in [-0.25, -0.2) is 4.98 Å². The van der Waals surface area contributed by atoms with Crippen molar-refractivity contribution in [1.82, 2.24) is 30.3 Å². The molecule has 1 fully saturated rings. The minimum atomic E-state index is -0.206. The van der Waals surface area contributed by atoms with Crippen molar-refractivity contribution in [3.63, 3.8) is 0 Å². The van der Waals surface area contributed by atoms with Crippen LogP contribution in [0.3, 0.4) is 0 Å². The van der Waals surface area contributed by atoms with Crippen molar-refractivity contribution in [2.45, 2.75) is 13.3 Å². The van der Waals surface area contributed by atoms with Gasteiger partial charge in [-0.05, 0) is 26.9 Å². The van der Waals surface area contributed by atoms with Crippen LogP contribution in [0.2, 0.25) is 0 Å². The maximum atomic E-state index is 11.7. The third-order valence-electron chi connectivity index (χ3n) is 3.33. The van der Waals surface area contributed by atoms with Crippen LogP contribution in [0, 0.1) is 6.92 Å². The normalized spacial score (nSPS) is 17.6. The van der Waals surface area contributed by atoms with Crippen LogP contribution < -0.4 is 5.32 Å². The van der Waals surface area contributed by atoms with Crippen molar-refractivity contribution < 1.29 is 4.79 Å². The van der Waals surface area contributed by atoms with Crippen LogP contribution in [0.1, 0.15) is 22.9 Å². The number of rotatable bonds is 5. The van der Waals surface area contributed by atoms with Gasteiger partial charge >= 0.3 is 0 Å². The minimum Gasteiger partial charge on any atom is -0.349 e. The van der Waals surface area contributed by atoms with Gasteiger partial charge in [0, 0.05) is 32.7 Å². The average Bonchev–Trinajstić information content (AvgIpc) is 2.83. The Hall–Kier alpha value is -1.47. The van der Waals surface area contributed by atoms with Gasteiger partial charge in [-0.15, -0.1) is 5.10 Å². The summed E-state index contributed by atoms with van der Waals surface area (Å²) >= 11 is 0. The zero-order valence-corrected chi connectivity index (χ0v) is 11.6. The van der Waals surface area contributed by atoms with E-state index in [1.54, 1.807) is 6.92 Å². The van der Waals surface area contributed by atoms with Crippen molar-refractivity contribution >= 4 is 5.91 Å². The number of aryl methyl sites for hydroxylation is 1. The molecule has 0 atom stereocenters. The molecule has 0 aliphatic carbocycles. The largest absolute Gasteiger partial charge is 0.349 e. The Morgan fingerprint density at radius 3 is 2.74 bits per heavy atom. The number of aromatic amines is 1. The predicted molar refractivity (Wildman–Crippen MR) is 72.0 cm³/mol. The molecule has 1 aromatic rings. The lowest BCUT2D eigenvalue weighted by atomic mass is 10.3. The van der Waals surface area contributed by atoms with E-state index in [-0.39, 0.29) is 11.7 Å². The van der Waals surface area contributed by atoms with E-state index in [0.717, 1.165) is 39.1 Å². The van der Waals surface area contributed by atoms with Crippen LogP contribution in [0.25, 0.3) is 0 Å². The van der Waals surface area contributed by atoms with E-state index in [4.69, 9.17) is 0 Å². The average molecular weight is 266 g/mol. The van der Waals surface area contributed by atoms with Crippen molar-refractivity contribution in [3.8, 4) is 0 Å². The Morgan fingerprint density at radius 1 is 1.37 bits per heavy atom. The van der Waals surface area contributed by atoms with E-state index in [1.807, 2.05) is 0 Å². The second-order valence-corrected chi connectivity index (χ2v) is 5.00. The zero-order chi connectivity index (χ0) is 13.7. The van der Waals surface area contributed by atoms with Crippen LogP contribution in [0.15, 0.2) is 0 Å². The maximum absolute atomic E-state index is 11.7. The molecule has 2 heterocycles. The predicted octanol–water partition coefficient (Wildman–Crippen LogP) is -0.520. The zero-order valence-electron chi connectivity index (χ0n) is 11.6. The van der Waals surface area contributed by atoms with E-state index >= 15 is 0 Å². The maximum Gasteiger partial charge on any atom is 0.290 e. The number of nitrogens with one attached hydrogen (secondary N) is 2. The van der Waals surface area contributed by atoms with Crippen molar-refractivity contribution in [1.29, 1.82) is 0 Å². The van der Waals surface area contributed by atoms with Crippen molar-refractivity contribution in [3.05, 3.63) is 11.6 Å². The van der Waals surface area contributed by atoms with E-state index in [0.29, 0.717) is 12.4 Å². The first-order valence-electron chi connectivity index (χ1n) is 6.73. The molecule has 7 heteroatoms. The highest BCUT2D eigenvalue weighted by atomic mass is 16.2. The summed E-state index contributed by atoms with van der Waals surface area (Å²) in [6.45, 7) is 7.96. The molecule has 0 aromatic carbocycles. The van der Waals surface area contributed by atoms with Gasteiger partial charge < -0.3 is 15.1 Å². The molecule has 1 aliphatic rings. The molecular formula is C12H22N6O. The van der Waals surface area contributed by atoms with Crippen LogP contribution in [-0.2, 0) is 0 Å². The first-order chi connectivity index (χ1) is 9.15. The Labute approximate surface area is 113 Å². The summed E-state index contributed by atoms with van der Waals surface area (Å²) in [5.41, 5.74) is 0. The number of carbonyl (C=O) groups excluding carboxylic acids is 1. The van der Waals surface area contributed by atoms with Gasteiger partial charge in [0.15, 0.2) is 0 Å². The molecule has 7 nitrogen and oxygen atoms in total. The fourth-order valence-corrected chi connectivity index (χ4v) is 2.10. The molecule has 19 heavy (non-hydrogen) atoms. The number of aromatic nitrogens is 3. The fraction of sp³-hybridized carbons (Fsp3) is 0.750. The van der Waals surface area contributed by atoms with Gasteiger partial charge in [-0.1, -0.05) is 0 Å². The first kappa shape index (κ1) is 14.0. The lowest BCUT2D eigenvalue weighted by Gasteiger charge is -2.32. The second kappa shape index (κ2) is 6.63. The quantitative estimate of drug-likeness (QED) is 0.701. The molecule has 1 amide bonds. The number of carbonyl (C=O) groups is 1. The second-order valence-electron chi connectivity index (χ2n) is 5.00. The topological polar surface area (TPSA) is 77.2 Å². The molecule has 0 radical (unpaired) electrons. The van der Waals surface area contributed by atoms with Crippen LogP contribution >= 0.6 is 0 Å². The van der Waals surface area contributed by atoms with Gasteiger partial charge in [-0.3, -0.25) is 9.89 Å². The Bertz CT molecular complexity index is 410. The lowest BCUT2D eigenvalue weighted by molar-refractivity contribution is 0.0939. The summed E-state index contributed by atoms with van der Waals surface area (Å²) in [6.07, 6.45) is 0.957. The number of nitrogens with zero attached hydrogens (tertiary/aromatic N) is 4. The monoisotopic (exact) mass is 266 g/mol. The van der Waals surface area contributed by atoms with Gasteiger partial charge in [0.25, 0.3) is 5.91 Å². The van der Waals surface area contributed by atoms with E-state index < -0.39 is 0 Å². The van der Waals surface area contributed by atoms with E-state index in [9.17, 15) is 4.79 Å². The van der Waals surface area contributed by atoms with Crippen molar-refractivity contribution in [2.75, 3.05) is 46.3 Å². The summed E-state index contributed by atoms with van der Waals surface area (Å²) in [4.78, 5) is 20.4. The first-order valence-corrected chi connectivity index (χ1v) is 6.73. The van der Waals surface area contributed by atoms with Crippen LogP contribution in [0.5, 0.6) is 0 Å². The molecular weight excluding hydrogens is 244 g/mol. The summed E-state index contributed by atoms with van der Waals surface area (Å²) in [7, 11) is 2.15. The number of piperazine rings is 1. The molecule has 0 spiro atoms. The number of likely N-dealkylation sites (N-methyl/N-ethyl adjacent to an activating group) is 1. The van der Waals surface area contributed by atoms with E-state index in [1.165, 1.54) is 0 Å². The Morgan fingerprint density at radius 2 is 2.11 bits per heavy atom. The molecule has 0 unspecified atom stereocenters. The Balaban J connectivity index is 1.60. The summed E-state index contributed by atoms with van der Waals surface area (Å²) in [6, 6.07) is 0. The lowest BCUT2D eigenvalue weighted by Crippen LogP contribution is -2.45. The third-order valence-corrected chi connectivity index (χ3v) is 3.33. The van der Waals surface area contributed by atoms with Gasteiger partial charge in [0.1, 0.15) is 5.82 Å². The minimum absolute atomic E-state index is 0.206.